The molecule has 206 valence electrons. The number of ether oxygens (including phenoxy) is 2. The molecule has 0 aliphatic carbocycles. The van der Waals surface area contributed by atoms with E-state index in [1.54, 1.807) is 4.90 Å². The molecule has 3 aromatic carbocycles. The highest BCUT2D eigenvalue weighted by Gasteiger charge is 2.31. The Hall–Kier alpha value is -4.40. The van der Waals surface area contributed by atoms with Gasteiger partial charge in [-0.1, -0.05) is 61.5 Å². The van der Waals surface area contributed by atoms with Gasteiger partial charge in [0.25, 0.3) is 5.91 Å². The molecule has 0 saturated heterocycles. The first-order chi connectivity index (χ1) is 18.7. The number of aryl methyl sites for hydroxylation is 1. The van der Waals surface area contributed by atoms with E-state index in [0.717, 1.165) is 23.1 Å². The number of hydrogen-bond donors (Lipinski definition) is 1. The molecule has 0 unspecified atom stereocenters. The Bertz CT molecular complexity index is 1280. The Morgan fingerprint density at radius 1 is 1.05 bits per heavy atom. The summed E-state index contributed by atoms with van der Waals surface area (Å²) < 4.78 is 10.9. The maximum Gasteiger partial charge on any atom is 0.311 e. The third-order valence-corrected chi connectivity index (χ3v) is 6.58. The first-order valence-corrected chi connectivity index (χ1v) is 12.9. The number of carbonyl (C=O) groups excluding carboxylic acids is 2. The molecule has 2 atom stereocenters. The molecular weight excluding hydrogens is 498 g/mol. The normalized spacial score (nSPS) is 12.2. The van der Waals surface area contributed by atoms with Gasteiger partial charge in [0, 0.05) is 31.1 Å². The van der Waals surface area contributed by atoms with Crippen LogP contribution >= 0.6 is 0 Å². The van der Waals surface area contributed by atoms with Crippen molar-refractivity contribution in [2.75, 3.05) is 13.7 Å². The van der Waals surface area contributed by atoms with Gasteiger partial charge in [0.1, 0.15) is 11.8 Å². The Morgan fingerprint density at radius 2 is 1.74 bits per heavy atom. The monoisotopic (exact) mass is 533 g/mol. The van der Waals surface area contributed by atoms with Gasteiger partial charge in [-0.15, -0.1) is 0 Å². The van der Waals surface area contributed by atoms with Crippen molar-refractivity contribution >= 4 is 17.5 Å². The fraction of sp³-hybridized carbons (Fsp3) is 0.333. The third-order valence-electron chi connectivity index (χ3n) is 6.58. The van der Waals surface area contributed by atoms with Crippen molar-refractivity contribution in [3.8, 4) is 11.5 Å². The minimum Gasteiger partial charge on any atom is -0.490 e. The molecule has 0 spiro atoms. The SMILES string of the molecule is CC[C@@H](C)NC(=O)[C@@H](Cc1ccccc1)N(Cc1ccccc1C)C(=O)COc1ccc([N+](=O)[O-])c(OC)c1. The summed E-state index contributed by atoms with van der Waals surface area (Å²) in [5.74, 6) is -0.371. The Labute approximate surface area is 228 Å². The number of rotatable bonds is 13. The van der Waals surface area contributed by atoms with Crippen molar-refractivity contribution in [1.29, 1.82) is 0 Å². The number of hydrogen-bond acceptors (Lipinski definition) is 6. The molecule has 9 heteroatoms. The van der Waals surface area contributed by atoms with Crippen molar-refractivity contribution in [2.45, 2.75) is 52.2 Å². The van der Waals surface area contributed by atoms with Crippen LogP contribution in [0.25, 0.3) is 0 Å². The van der Waals surface area contributed by atoms with Gasteiger partial charge < -0.3 is 19.7 Å². The average molecular weight is 534 g/mol. The predicted molar refractivity (Wildman–Crippen MR) is 149 cm³/mol. The second-order valence-electron chi connectivity index (χ2n) is 9.35. The van der Waals surface area contributed by atoms with Crippen LogP contribution in [-0.2, 0) is 22.6 Å². The number of nitro benzene ring substituents is 1. The van der Waals surface area contributed by atoms with E-state index < -0.39 is 16.9 Å². The number of nitro groups is 1. The fourth-order valence-electron chi connectivity index (χ4n) is 4.09. The van der Waals surface area contributed by atoms with Crippen LogP contribution in [0.4, 0.5) is 5.69 Å². The lowest BCUT2D eigenvalue weighted by molar-refractivity contribution is -0.385. The van der Waals surface area contributed by atoms with Gasteiger partial charge in [-0.3, -0.25) is 19.7 Å². The van der Waals surface area contributed by atoms with Crippen LogP contribution in [0.1, 0.15) is 37.0 Å². The van der Waals surface area contributed by atoms with E-state index in [0.29, 0.717) is 6.42 Å². The minimum atomic E-state index is -0.788. The van der Waals surface area contributed by atoms with E-state index in [4.69, 9.17) is 9.47 Å². The van der Waals surface area contributed by atoms with E-state index in [9.17, 15) is 19.7 Å². The molecule has 0 fully saturated rings. The van der Waals surface area contributed by atoms with E-state index >= 15 is 0 Å². The van der Waals surface area contributed by atoms with Gasteiger partial charge >= 0.3 is 5.69 Å². The zero-order valence-corrected chi connectivity index (χ0v) is 22.8. The maximum atomic E-state index is 13.7. The molecule has 0 bridgehead atoms. The van der Waals surface area contributed by atoms with Crippen molar-refractivity contribution in [1.82, 2.24) is 10.2 Å². The molecule has 39 heavy (non-hydrogen) atoms. The van der Waals surface area contributed by atoms with Crippen LogP contribution in [0.3, 0.4) is 0 Å². The molecule has 0 aliphatic heterocycles. The molecule has 9 nitrogen and oxygen atoms in total. The highest BCUT2D eigenvalue weighted by Crippen LogP contribution is 2.31. The number of methoxy groups -OCH3 is 1. The summed E-state index contributed by atoms with van der Waals surface area (Å²) in [7, 11) is 1.32. The predicted octanol–water partition coefficient (Wildman–Crippen LogP) is 4.85. The summed E-state index contributed by atoms with van der Waals surface area (Å²) in [5.41, 5.74) is 2.63. The first-order valence-electron chi connectivity index (χ1n) is 12.9. The van der Waals surface area contributed by atoms with Crippen molar-refractivity contribution in [3.63, 3.8) is 0 Å². The smallest absolute Gasteiger partial charge is 0.311 e. The standard InChI is InChI=1S/C30H35N3O6/c1-5-22(3)31-30(35)27(17-23-12-7-6-8-13-23)32(19-24-14-10-9-11-21(24)2)29(34)20-39-25-15-16-26(33(36)37)28(18-25)38-4/h6-16,18,22,27H,5,17,19-20H2,1-4H3,(H,31,35)/t22-,27-/m1/s1. The summed E-state index contributed by atoms with van der Waals surface area (Å²) in [6, 6.07) is 20.5. The number of nitrogens with zero attached hydrogens (tertiary/aromatic N) is 2. The highest BCUT2D eigenvalue weighted by atomic mass is 16.6. The van der Waals surface area contributed by atoms with E-state index in [1.807, 2.05) is 75.4 Å². The van der Waals surface area contributed by atoms with Crippen LogP contribution in [0.5, 0.6) is 11.5 Å². The zero-order chi connectivity index (χ0) is 28.4. The lowest BCUT2D eigenvalue weighted by atomic mass is 10.0. The first kappa shape index (κ1) is 29.2. The molecule has 0 heterocycles. The molecule has 1 N–H and O–H groups in total. The molecule has 0 saturated carbocycles. The molecule has 3 rings (SSSR count). The fourth-order valence-corrected chi connectivity index (χ4v) is 4.09. The number of nitrogens with one attached hydrogen (secondary N) is 1. The van der Waals surface area contributed by atoms with Gasteiger partial charge in [-0.05, 0) is 43.0 Å². The minimum absolute atomic E-state index is 0.0246. The Kier molecular flexibility index (Phi) is 10.4. The van der Waals surface area contributed by atoms with Crippen LogP contribution in [-0.4, -0.2) is 47.4 Å². The largest absolute Gasteiger partial charge is 0.490 e. The molecule has 0 radical (unpaired) electrons. The second-order valence-corrected chi connectivity index (χ2v) is 9.35. The third kappa shape index (κ3) is 8.04. The Balaban J connectivity index is 1.93. The van der Waals surface area contributed by atoms with Gasteiger partial charge in [-0.2, -0.15) is 0 Å². The molecule has 0 aliphatic rings. The van der Waals surface area contributed by atoms with Gasteiger partial charge in [0.2, 0.25) is 11.7 Å². The zero-order valence-electron chi connectivity index (χ0n) is 22.8. The summed E-state index contributed by atoms with van der Waals surface area (Å²) in [4.78, 5) is 39.5. The molecule has 2 amide bonds. The van der Waals surface area contributed by atoms with E-state index in [-0.39, 0.29) is 42.3 Å². The summed E-state index contributed by atoms with van der Waals surface area (Å²) in [5, 5.41) is 14.3. The number of carbonyl (C=O) groups is 2. The summed E-state index contributed by atoms with van der Waals surface area (Å²) in [6.45, 7) is 5.72. The topological polar surface area (TPSA) is 111 Å². The van der Waals surface area contributed by atoms with E-state index in [1.165, 1.54) is 25.3 Å². The summed E-state index contributed by atoms with van der Waals surface area (Å²) >= 11 is 0. The van der Waals surface area contributed by atoms with Crippen LogP contribution in [0, 0.1) is 17.0 Å². The molecule has 3 aromatic rings. The quantitative estimate of drug-likeness (QED) is 0.249. The van der Waals surface area contributed by atoms with Crippen molar-refractivity contribution < 1.29 is 24.0 Å². The van der Waals surface area contributed by atoms with Gasteiger partial charge in [0.05, 0.1) is 12.0 Å². The van der Waals surface area contributed by atoms with Crippen LogP contribution in [0.15, 0.2) is 72.8 Å². The summed E-state index contributed by atoms with van der Waals surface area (Å²) in [6.07, 6.45) is 1.08. The van der Waals surface area contributed by atoms with Crippen molar-refractivity contribution in [3.05, 3.63) is 99.6 Å². The number of benzene rings is 3. The highest BCUT2D eigenvalue weighted by molar-refractivity contribution is 5.88. The lowest BCUT2D eigenvalue weighted by Gasteiger charge is -2.32. The molecule has 0 aromatic heterocycles. The molecular formula is C30H35N3O6. The van der Waals surface area contributed by atoms with Gasteiger partial charge in [-0.25, -0.2) is 0 Å². The van der Waals surface area contributed by atoms with E-state index in [2.05, 4.69) is 5.32 Å². The van der Waals surface area contributed by atoms with Crippen LogP contribution < -0.4 is 14.8 Å². The number of amides is 2. The van der Waals surface area contributed by atoms with Gasteiger partial charge in [0.15, 0.2) is 6.61 Å². The maximum absolute atomic E-state index is 13.7. The van der Waals surface area contributed by atoms with Crippen molar-refractivity contribution in [2.24, 2.45) is 0 Å². The second kappa shape index (κ2) is 13.9. The van der Waals surface area contributed by atoms with Crippen LogP contribution in [0.2, 0.25) is 0 Å². The lowest BCUT2D eigenvalue weighted by Crippen LogP contribution is -2.53. The Morgan fingerprint density at radius 3 is 2.38 bits per heavy atom. The average Bonchev–Trinajstić information content (AvgIpc) is 2.94.